The zero-order valence-corrected chi connectivity index (χ0v) is 33.6. The predicted molar refractivity (Wildman–Crippen MR) is 219 cm³/mol. The Bertz CT molecular complexity index is 2630. The number of nitrogens with zero attached hydrogens (tertiary/aromatic N) is 8. The van der Waals surface area contributed by atoms with Crippen molar-refractivity contribution in [1.29, 1.82) is 0 Å². The van der Waals surface area contributed by atoms with Crippen molar-refractivity contribution in [2.45, 2.75) is 60.0 Å². The third kappa shape index (κ3) is 6.18. The summed E-state index contributed by atoms with van der Waals surface area (Å²) in [5.74, 6) is 1.28. The number of carbonyl (C=O) groups is 1. The van der Waals surface area contributed by atoms with Gasteiger partial charge in [0.05, 0.1) is 40.7 Å². The van der Waals surface area contributed by atoms with Gasteiger partial charge in [-0.25, -0.2) is 4.98 Å². The third-order valence-corrected chi connectivity index (χ3v) is 11.8. The van der Waals surface area contributed by atoms with Gasteiger partial charge in [0.15, 0.2) is 5.82 Å². The van der Waals surface area contributed by atoms with Gasteiger partial charge in [-0.2, -0.15) is 10.2 Å². The molecule has 3 aromatic carbocycles. The van der Waals surface area contributed by atoms with Crippen molar-refractivity contribution in [3.63, 3.8) is 0 Å². The van der Waals surface area contributed by atoms with Gasteiger partial charge in [-0.05, 0) is 101 Å². The molecular weight excluding hydrogens is 735 g/mol. The van der Waals surface area contributed by atoms with E-state index in [1.54, 1.807) is 11.0 Å². The van der Waals surface area contributed by atoms with Gasteiger partial charge in [0, 0.05) is 77.6 Å². The van der Waals surface area contributed by atoms with E-state index < -0.39 is 0 Å². The van der Waals surface area contributed by atoms with E-state index in [-0.39, 0.29) is 18.6 Å². The van der Waals surface area contributed by atoms with Gasteiger partial charge in [-0.1, -0.05) is 29.3 Å². The number of aliphatic hydroxyl groups is 1. The zero-order chi connectivity index (χ0) is 38.9. The fraction of sp³-hybridized carbons (Fsp3) is 0.333. The lowest BCUT2D eigenvalue weighted by molar-refractivity contribution is 0.0957. The highest BCUT2D eigenvalue weighted by Gasteiger charge is 2.38. The quantitative estimate of drug-likeness (QED) is 0.140. The van der Waals surface area contributed by atoms with Gasteiger partial charge in [0.2, 0.25) is 0 Å². The average molecular weight is 780 g/mol. The van der Waals surface area contributed by atoms with E-state index in [9.17, 15) is 5.11 Å². The minimum Gasteiger partial charge on any atom is -0.494 e. The fourth-order valence-corrected chi connectivity index (χ4v) is 8.69. The number of anilines is 1. The lowest BCUT2D eigenvalue weighted by atomic mass is 9.98. The number of aryl methyl sites for hydroxylation is 6. The molecule has 8 rings (SSSR count). The van der Waals surface area contributed by atoms with Gasteiger partial charge in [0.25, 0.3) is 5.91 Å². The van der Waals surface area contributed by atoms with Gasteiger partial charge < -0.3 is 23.9 Å². The number of ether oxygens (including phenoxy) is 1. The topological polar surface area (TPSA) is 108 Å². The molecule has 1 unspecified atom stereocenters. The van der Waals surface area contributed by atoms with Crippen molar-refractivity contribution in [3.05, 3.63) is 98.8 Å². The van der Waals surface area contributed by atoms with Gasteiger partial charge >= 0.3 is 0 Å². The predicted octanol–water partition coefficient (Wildman–Crippen LogP) is 8.56. The smallest absolute Gasteiger partial charge is 0.275 e. The van der Waals surface area contributed by atoms with Crippen molar-refractivity contribution in [2.24, 2.45) is 14.1 Å². The molecule has 7 aromatic rings. The van der Waals surface area contributed by atoms with Crippen LogP contribution in [0.5, 0.6) is 5.75 Å². The highest BCUT2D eigenvalue weighted by atomic mass is 35.5. The Kier molecular flexibility index (Phi) is 9.51. The summed E-state index contributed by atoms with van der Waals surface area (Å²) >= 11 is 13.6. The first kappa shape index (κ1) is 36.9. The molecule has 1 aliphatic heterocycles. The van der Waals surface area contributed by atoms with E-state index in [2.05, 4.69) is 34.6 Å². The second-order valence-corrected chi connectivity index (χ2v) is 15.5. The third-order valence-electron chi connectivity index (χ3n) is 10.9. The van der Waals surface area contributed by atoms with Crippen LogP contribution in [0.1, 0.15) is 58.0 Å². The molecule has 0 aliphatic carbocycles. The van der Waals surface area contributed by atoms with Gasteiger partial charge in [-0.15, -0.1) is 0 Å². The van der Waals surface area contributed by atoms with Crippen LogP contribution in [0.4, 0.5) is 5.69 Å². The molecule has 1 aliphatic rings. The standard InChI is InChI=1S/C42H44Cl2N8O3/c1-23-17-29(18-24(2)38(23)44)55-16-8-9-30-31-11-12-33(43)37(36-26(4)46-49(7)27(36)5)39(31)52-25(3)20-51(42(54)40(30)52)35-21-50(14-15-53)34-13-10-28(19-32(34)35)41-45-22-48(6)47-41/h10-13,17-19,21-22,25,53H,8-9,14-16,20H2,1-7H3. The van der Waals surface area contributed by atoms with Crippen molar-refractivity contribution in [2.75, 3.05) is 24.7 Å². The molecule has 0 spiro atoms. The molecule has 1 N–H and O–H groups in total. The molecular formula is C42H44Cl2N8O3. The Hall–Kier alpha value is -5.10. The largest absolute Gasteiger partial charge is 0.494 e. The Morgan fingerprint density at radius 1 is 0.964 bits per heavy atom. The molecule has 284 valence electrons. The summed E-state index contributed by atoms with van der Waals surface area (Å²) in [6, 6.07) is 13.8. The molecule has 5 heterocycles. The Morgan fingerprint density at radius 3 is 2.40 bits per heavy atom. The Morgan fingerprint density at radius 2 is 1.73 bits per heavy atom. The number of halogens is 2. The van der Waals surface area contributed by atoms with E-state index in [1.807, 2.05) is 91.6 Å². The first-order chi connectivity index (χ1) is 26.4. The summed E-state index contributed by atoms with van der Waals surface area (Å²) in [5, 5.41) is 22.5. The van der Waals surface area contributed by atoms with E-state index in [0.717, 1.165) is 83.0 Å². The summed E-state index contributed by atoms with van der Waals surface area (Å²) in [6.45, 7) is 11.4. The molecule has 1 amide bonds. The van der Waals surface area contributed by atoms with Crippen LogP contribution in [0.3, 0.4) is 0 Å². The summed E-state index contributed by atoms with van der Waals surface area (Å²) in [5.41, 5.74) is 10.7. The van der Waals surface area contributed by atoms with Crippen LogP contribution in [-0.2, 0) is 27.1 Å². The van der Waals surface area contributed by atoms with Crippen LogP contribution in [0, 0.1) is 27.7 Å². The summed E-state index contributed by atoms with van der Waals surface area (Å²) in [6.07, 6.45) is 4.93. The minimum atomic E-state index is -0.119. The van der Waals surface area contributed by atoms with E-state index in [1.165, 1.54) is 0 Å². The molecule has 11 nitrogen and oxygen atoms in total. The van der Waals surface area contributed by atoms with Gasteiger partial charge in [0.1, 0.15) is 17.8 Å². The molecule has 0 saturated heterocycles. The number of hydrogen-bond donors (Lipinski definition) is 1. The molecule has 1 atom stereocenters. The normalized spacial score (nSPS) is 14.5. The van der Waals surface area contributed by atoms with Crippen LogP contribution in [0.15, 0.2) is 55.0 Å². The summed E-state index contributed by atoms with van der Waals surface area (Å²) in [7, 11) is 3.78. The van der Waals surface area contributed by atoms with Crippen molar-refractivity contribution >= 4 is 56.6 Å². The first-order valence-corrected chi connectivity index (χ1v) is 19.3. The van der Waals surface area contributed by atoms with Crippen LogP contribution < -0.4 is 9.64 Å². The van der Waals surface area contributed by atoms with Gasteiger partial charge in [-0.3, -0.25) is 14.2 Å². The van der Waals surface area contributed by atoms with E-state index in [0.29, 0.717) is 49.1 Å². The van der Waals surface area contributed by atoms with E-state index >= 15 is 4.79 Å². The minimum absolute atomic E-state index is 0.0382. The number of hydrogen-bond acceptors (Lipinski definition) is 6. The Labute approximate surface area is 329 Å². The number of benzene rings is 3. The average Bonchev–Trinajstić information content (AvgIpc) is 3.90. The van der Waals surface area contributed by atoms with Crippen LogP contribution >= 0.6 is 23.2 Å². The molecule has 0 radical (unpaired) electrons. The number of carbonyl (C=O) groups excluding carboxylic acids is 1. The Balaban J connectivity index is 1.27. The maximum Gasteiger partial charge on any atom is 0.275 e. The van der Waals surface area contributed by atoms with Crippen molar-refractivity contribution in [3.8, 4) is 28.3 Å². The molecule has 0 fully saturated rings. The highest BCUT2D eigenvalue weighted by Crippen LogP contribution is 2.46. The SMILES string of the molecule is Cc1cc(OCCCc2c3n(c4c(-c5c(C)nn(C)c5C)c(Cl)ccc24)C(C)CN(c2cn(CCO)c4ccc(-c5ncn(C)n5)cc24)C3=O)cc(C)c1Cl. The number of rotatable bonds is 10. The molecule has 55 heavy (non-hydrogen) atoms. The summed E-state index contributed by atoms with van der Waals surface area (Å²) < 4.78 is 14.0. The lowest BCUT2D eigenvalue weighted by Crippen LogP contribution is -2.42. The molecule has 0 bridgehead atoms. The summed E-state index contributed by atoms with van der Waals surface area (Å²) in [4.78, 5) is 21.7. The maximum atomic E-state index is 15.3. The van der Waals surface area contributed by atoms with Crippen LogP contribution in [-0.4, -0.2) is 64.5 Å². The number of fused-ring (bicyclic) bond motifs is 4. The van der Waals surface area contributed by atoms with Crippen molar-refractivity contribution < 1.29 is 14.6 Å². The van der Waals surface area contributed by atoms with E-state index in [4.69, 9.17) is 33.0 Å². The second-order valence-electron chi connectivity index (χ2n) is 14.7. The maximum absolute atomic E-state index is 15.3. The fourth-order valence-electron chi connectivity index (χ4n) is 8.33. The van der Waals surface area contributed by atoms with Crippen LogP contribution in [0.2, 0.25) is 10.0 Å². The number of amides is 1. The molecule has 4 aromatic heterocycles. The zero-order valence-electron chi connectivity index (χ0n) is 32.1. The number of aromatic nitrogens is 7. The molecule has 0 saturated carbocycles. The monoisotopic (exact) mass is 778 g/mol. The number of aliphatic hydroxyl groups excluding tert-OH is 1. The lowest BCUT2D eigenvalue weighted by Gasteiger charge is -2.34. The highest BCUT2D eigenvalue weighted by molar-refractivity contribution is 6.35. The van der Waals surface area contributed by atoms with Crippen molar-refractivity contribution in [1.82, 2.24) is 33.7 Å². The molecule has 13 heteroatoms. The van der Waals surface area contributed by atoms with Crippen LogP contribution in [0.25, 0.3) is 44.3 Å². The first-order valence-electron chi connectivity index (χ1n) is 18.5. The second kappa shape index (κ2) is 14.2.